The van der Waals surface area contributed by atoms with E-state index in [9.17, 15) is 0 Å². The summed E-state index contributed by atoms with van der Waals surface area (Å²) >= 11 is 0. The van der Waals surface area contributed by atoms with Crippen molar-refractivity contribution in [3.8, 4) is 11.5 Å². The minimum Gasteiger partial charge on any atom is -0.493 e. The lowest BCUT2D eigenvalue weighted by molar-refractivity contribution is 0.238. The van der Waals surface area contributed by atoms with Crippen LogP contribution in [-0.4, -0.2) is 71.8 Å². The zero-order chi connectivity index (χ0) is 22.6. The largest absolute Gasteiger partial charge is 0.493 e. The van der Waals surface area contributed by atoms with Crippen molar-refractivity contribution in [3.63, 3.8) is 0 Å². The molecule has 33 heavy (non-hydrogen) atoms. The van der Waals surface area contributed by atoms with E-state index in [0.29, 0.717) is 0 Å². The van der Waals surface area contributed by atoms with Crippen LogP contribution in [0.5, 0.6) is 11.5 Å². The van der Waals surface area contributed by atoms with Crippen molar-refractivity contribution >= 4 is 11.9 Å². The Bertz CT molecular complexity index is 1090. The summed E-state index contributed by atoms with van der Waals surface area (Å²) < 4.78 is 11.1. The predicted octanol–water partition coefficient (Wildman–Crippen LogP) is 2.17. The van der Waals surface area contributed by atoms with Gasteiger partial charge in [0.1, 0.15) is 0 Å². The summed E-state index contributed by atoms with van der Waals surface area (Å²) in [6.07, 6.45) is 6.48. The number of benzene rings is 1. The van der Waals surface area contributed by atoms with E-state index in [1.54, 1.807) is 26.6 Å². The molecule has 5 rings (SSSR count). The van der Waals surface area contributed by atoms with Crippen LogP contribution < -0.4 is 19.3 Å². The normalized spacial score (nSPS) is 16.4. The monoisotopic (exact) mass is 447 g/mol. The molecule has 3 aromatic rings. The highest BCUT2D eigenvalue weighted by Gasteiger charge is 2.24. The van der Waals surface area contributed by atoms with E-state index in [1.807, 2.05) is 24.4 Å². The van der Waals surface area contributed by atoms with Crippen molar-refractivity contribution in [1.29, 1.82) is 0 Å². The number of nitrogens with zero attached hydrogens (tertiary/aromatic N) is 7. The molecule has 9 nitrogen and oxygen atoms in total. The molecule has 9 heteroatoms. The molecule has 0 atom stereocenters. The van der Waals surface area contributed by atoms with E-state index in [0.717, 1.165) is 86.9 Å². The quantitative estimate of drug-likeness (QED) is 0.565. The number of ether oxygens (including phenoxy) is 2. The van der Waals surface area contributed by atoms with Crippen molar-refractivity contribution in [1.82, 2.24) is 24.8 Å². The van der Waals surface area contributed by atoms with E-state index in [1.165, 1.54) is 5.56 Å². The van der Waals surface area contributed by atoms with Gasteiger partial charge >= 0.3 is 0 Å². The zero-order valence-electron chi connectivity index (χ0n) is 19.1. The van der Waals surface area contributed by atoms with E-state index in [-0.39, 0.29) is 0 Å². The maximum atomic E-state index is 5.60. The van der Waals surface area contributed by atoms with Crippen molar-refractivity contribution in [3.05, 3.63) is 59.7 Å². The lowest BCUT2D eigenvalue weighted by atomic mass is 10.1. The van der Waals surface area contributed by atoms with Crippen molar-refractivity contribution in [2.45, 2.75) is 19.5 Å². The number of aromatic nitrogens is 4. The van der Waals surface area contributed by atoms with Gasteiger partial charge in [-0.15, -0.1) is 0 Å². The Labute approximate surface area is 194 Å². The molecule has 0 spiro atoms. The summed E-state index contributed by atoms with van der Waals surface area (Å²) in [6.45, 7) is 6.02. The second-order valence-corrected chi connectivity index (χ2v) is 8.28. The van der Waals surface area contributed by atoms with Gasteiger partial charge in [0.2, 0.25) is 11.9 Å². The van der Waals surface area contributed by atoms with Crippen LogP contribution in [0.15, 0.2) is 42.9 Å². The highest BCUT2D eigenvalue weighted by molar-refractivity contribution is 5.46. The zero-order valence-corrected chi connectivity index (χ0v) is 19.1. The molecule has 1 aromatic carbocycles. The minimum absolute atomic E-state index is 0.763. The predicted molar refractivity (Wildman–Crippen MR) is 126 cm³/mol. The molecule has 1 saturated heterocycles. The molecule has 0 amide bonds. The Balaban J connectivity index is 1.23. The average molecular weight is 448 g/mol. The van der Waals surface area contributed by atoms with Crippen LogP contribution in [-0.2, 0) is 19.5 Å². The molecule has 0 bridgehead atoms. The van der Waals surface area contributed by atoms with E-state index in [2.05, 4.69) is 30.7 Å². The van der Waals surface area contributed by atoms with Crippen LogP contribution >= 0.6 is 0 Å². The molecule has 2 aromatic heterocycles. The van der Waals surface area contributed by atoms with Gasteiger partial charge in [-0.1, -0.05) is 12.1 Å². The Morgan fingerprint density at radius 2 is 1.61 bits per heavy atom. The van der Waals surface area contributed by atoms with Gasteiger partial charge < -0.3 is 19.3 Å². The summed E-state index contributed by atoms with van der Waals surface area (Å²) in [4.78, 5) is 25.2. The Hall–Kier alpha value is -3.46. The van der Waals surface area contributed by atoms with Gasteiger partial charge in [-0.05, 0) is 12.1 Å². The molecule has 172 valence electrons. The van der Waals surface area contributed by atoms with Gasteiger partial charge in [-0.2, -0.15) is 0 Å². The molecule has 2 aliphatic rings. The van der Waals surface area contributed by atoms with E-state index in [4.69, 9.17) is 19.4 Å². The molecular weight excluding hydrogens is 418 g/mol. The average Bonchev–Trinajstić information content (AvgIpc) is 2.89. The van der Waals surface area contributed by atoms with E-state index < -0.39 is 0 Å². The first-order valence-electron chi connectivity index (χ1n) is 11.3. The number of rotatable bonds is 6. The van der Waals surface area contributed by atoms with Gasteiger partial charge in [0.15, 0.2) is 11.5 Å². The first-order chi connectivity index (χ1) is 16.2. The lowest BCUT2D eigenvalue weighted by Gasteiger charge is -2.35. The third-order valence-electron chi connectivity index (χ3n) is 6.28. The molecule has 0 unspecified atom stereocenters. The van der Waals surface area contributed by atoms with Gasteiger partial charge in [0.25, 0.3) is 0 Å². The summed E-state index contributed by atoms with van der Waals surface area (Å²) in [5, 5.41) is 0. The van der Waals surface area contributed by atoms with Gasteiger partial charge in [0.05, 0.1) is 19.9 Å². The Morgan fingerprint density at radius 3 is 2.33 bits per heavy atom. The van der Waals surface area contributed by atoms with Gasteiger partial charge in [0, 0.05) is 82.0 Å². The number of hydrogen-bond donors (Lipinski definition) is 0. The topological polar surface area (TPSA) is 79.7 Å². The third-order valence-corrected chi connectivity index (χ3v) is 6.28. The highest BCUT2D eigenvalue weighted by atomic mass is 16.5. The summed E-state index contributed by atoms with van der Waals surface area (Å²) in [7, 11) is 3.36. The first-order valence-corrected chi connectivity index (χ1v) is 11.3. The number of methoxy groups -OCH3 is 2. The molecule has 0 radical (unpaired) electrons. The first kappa shape index (κ1) is 21.4. The molecule has 1 fully saturated rings. The van der Waals surface area contributed by atoms with Crippen LogP contribution in [0.4, 0.5) is 11.9 Å². The van der Waals surface area contributed by atoms with Crippen LogP contribution in [0, 0.1) is 0 Å². The molecule has 0 saturated carbocycles. The fraction of sp³-hybridized carbons (Fsp3) is 0.417. The molecule has 4 heterocycles. The second kappa shape index (κ2) is 9.58. The fourth-order valence-corrected chi connectivity index (χ4v) is 4.53. The molecule has 0 aliphatic carbocycles. The van der Waals surface area contributed by atoms with Crippen LogP contribution in [0.1, 0.15) is 16.8 Å². The number of hydrogen-bond acceptors (Lipinski definition) is 9. The number of anilines is 2. The van der Waals surface area contributed by atoms with Crippen LogP contribution in [0.2, 0.25) is 0 Å². The Morgan fingerprint density at radius 1 is 0.848 bits per heavy atom. The maximum Gasteiger partial charge on any atom is 0.225 e. The SMILES string of the molecule is COc1cccc(CN2CCc3nc(N4CCN(c5ncccn5)CC4)ncc3C2)c1OC. The van der Waals surface area contributed by atoms with Crippen molar-refractivity contribution < 1.29 is 9.47 Å². The number of piperazine rings is 1. The second-order valence-electron chi connectivity index (χ2n) is 8.28. The number of fused-ring (bicyclic) bond motifs is 1. The third kappa shape index (κ3) is 4.54. The van der Waals surface area contributed by atoms with Crippen molar-refractivity contribution in [2.75, 3.05) is 56.7 Å². The van der Waals surface area contributed by atoms with Gasteiger partial charge in [-0.3, -0.25) is 4.90 Å². The summed E-state index contributed by atoms with van der Waals surface area (Å²) in [5.41, 5.74) is 3.48. The minimum atomic E-state index is 0.763. The maximum absolute atomic E-state index is 5.60. The highest BCUT2D eigenvalue weighted by Crippen LogP contribution is 2.32. The standard InChI is InChI=1S/C24H29N7O2/c1-32-21-6-3-5-18(22(21)33-2)16-29-10-7-20-19(17-29)15-27-24(28-20)31-13-11-30(12-14-31)23-25-8-4-9-26-23/h3-6,8-9,15H,7,10-14,16-17H2,1-2H3. The molecule has 0 N–H and O–H groups in total. The summed E-state index contributed by atoms with van der Waals surface area (Å²) in [5.74, 6) is 3.18. The lowest BCUT2D eigenvalue weighted by Crippen LogP contribution is -2.47. The Kier molecular flexibility index (Phi) is 6.21. The fourth-order valence-electron chi connectivity index (χ4n) is 4.53. The van der Waals surface area contributed by atoms with E-state index >= 15 is 0 Å². The van der Waals surface area contributed by atoms with Crippen LogP contribution in [0.3, 0.4) is 0 Å². The molecule has 2 aliphatic heterocycles. The van der Waals surface area contributed by atoms with Gasteiger partial charge in [-0.25, -0.2) is 19.9 Å². The smallest absolute Gasteiger partial charge is 0.225 e. The summed E-state index contributed by atoms with van der Waals surface area (Å²) in [6, 6.07) is 7.87. The molecular formula is C24H29N7O2. The number of para-hydroxylation sites is 1. The van der Waals surface area contributed by atoms with Crippen LogP contribution in [0.25, 0.3) is 0 Å². The van der Waals surface area contributed by atoms with Crippen molar-refractivity contribution in [2.24, 2.45) is 0 Å².